The van der Waals surface area contributed by atoms with E-state index < -0.39 is 0 Å². The van der Waals surface area contributed by atoms with Crippen LogP contribution in [0.2, 0.25) is 0 Å². The number of carbonyl (C=O) groups is 1. The molecular formula is C15H22BrFN2O. The van der Waals surface area contributed by atoms with Crippen molar-refractivity contribution < 1.29 is 9.18 Å². The van der Waals surface area contributed by atoms with Crippen LogP contribution in [0.25, 0.3) is 0 Å². The minimum absolute atomic E-state index is 0.0235. The number of carbonyl (C=O) groups excluding carboxylic acids is 1. The van der Waals surface area contributed by atoms with Gasteiger partial charge in [0.1, 0.15) is 5.82 Å². The smallest absolute Gasteiger partial charge is 0.221 e. The van der Waals surface area contributed by atoms with E-state index in [-0.39, 0.29) is 23.3 Å². The topological polar surface area (TPSA) is 41.1 Å². The fraction of sp³-hybridized carbons (Fsp3) is 0.533. The number of hydrogen-bond acceptors (Lipinski definition) is 2. The molecule has 0 aliphatic heterocycles. The molecule has 0 spiro atoms. The van der Waals surface area contributed by atoms with Crippen LogP contribution in [-0.2, 0) is 4.79 Å². The molecule has 1 unspecified atom stereocenters. The molecule has 5 heteroatoms. The van der Waals surface area contributed by atoms with E-state index >= 15 is 0 Å². The molecule has 0 saturated heterocycles. The predicted octanol–water partition coefficient (Wildman–Crippen LogP) is 3.54. The first-order chi connectivity index (χ1) is 9.19. The largest absolute Gasteiger partial charge is 0.351 e. The lowest BCUT2D eigenvalue weighted by Gasteiger charge is -2.21. The molecule has 1 rings (SSSR count). The van der Waals surface area contributed by atoms with Crippen molar-refractivity contribution in [1.29, 1.82) is 0 Å². The third-order valence-electron chi connectivity index (χ3n) is 2.75. The van der Waals surface area contributed by atoms with Gasteiger partial charge in [-0.15, -0.1) is 0 Å². The Hall–Kier alpha value is -0.940. The Labute approximate surface area is 128 Å². The summed E-state index contributed by atoms with van der Waals surface area (Å²) in [6, 6.07) is 4.67. The first-order valence-electron chi connectivity index (χ1n) is 6.68. The van der Waals surface area contributed by atoms with Crippen LogP contribution in [0.1, 0.15) is 45.7 Å². The van der Waals surface area contributed by atoms with Crippen LogP contribution in [-0.4, -0.2) is 18.0 Å². The molecule has 112 valence electrons. The van der Waals surface area contributed by atoms with E-state index in [1.807, 2.05) is 27.7 Å². The summed E-state index contributed by atoms with van der Waals surface area (Å²) in [6.45, 7) is 8.43. The summed E-state index contributed by atoms with van der Waals surface area (Å²) < 4.78 is 13.8. The number of halogens is 2. The molecule has 20 heavy (non-hydrogen) atoms. The van der Waals surface area contributed by atoms with Gasteiger partial charge in [0.2, 0.25) is 5.91 Å². The second-order valence-corrected chi connectivity index (χ2v) is 6.74. The molecule has 1 aromatic carbocycles. The third-order valence-corrected chi connectivity index (χ3v) is 3.43. The molecule has 0 saturated carbocycles. The molecule has 2 N–H and O–H groups in total. The Kier molecular flexibility index (Phi) is 6.14. The second-order valence-electron chi connectivity index (χ2n) is 5.89. The van der Waals surface area contributed by atoms with Crippen LogP contribution in [0.5, 0.6) is 0 Å². The Morgan fingerprint density at radius 1 is 1.40 bits per heavy atom. The van der Waals surface area contributed by atoms with Gasteiger partial charge in [0, 0.05) is 29.0 Å². The van der Waals surface area contributed by atoms with Crippen molar-refractivity contribution in [3.63, 3.8) is 0 Å². The van der Waals surface area contributed by atoms with Gasteiger partial charge in [-0.05, 0) is 45.4 Å². The summed E-state index contributed by atoms with van der Waals surface area (Å²) in [5.74, 6) is -0.243. The Morgan fingerprint density at radius 3 is 2.60 bits per heavy atom. The van der Waals surface area contributed by atoms with E-state index in [0.717, 1.165) is 10.0 Å². The molecule has 0 heterocycles. The van der Waals surface area contributed by atoms with E-state index in [2.05, 4.69) is 26.6 Å². The third kappa shape index (κ3) is 6.01. The van der Waals surface area contributed by atoms with Crippen molar-refractivity contribution in [2.75, 3.05) is 6.54 Å². The highest BCUT2D eigenvalue weighted by atomic mass is 79.9. The lowest BCUT2D eigenvalue weighted by Crippen LogP contribution is -2.41. The molecule has 1 atom stereocenters. The standard InChI is InChI=1S/C15H22BrFN2O/c1-10(12-6-5-11(17)9-13(12)16)18-8-7-14(20)19-15(2,3)4/h5-6,9-10,18H,7-8H2,1-4H3,(H,19,20). The van der Waals surface area contributed by atoms with E-state index in [1.165, 1.54) is 12.1 Å². The minimum atomic E-state index is -0.266. The van der Waals surface area contributed by atoms with Crippen LogP contribution in [0.4, 0.5) is 4.39 Å². The number of rotatable bonds is 5. The Morgan fingerprint density at radius 2 is 2.05 bits per heavy atom. The quantitative estimate of drug-likeness (QED) is 0.857. The van der Waals surface area contributed by atoms with Crippen LogP contribution in [0, 0.1) is 5.82 Å². The van der Waals surface area contributed by atoms with Gasteiger partial charge in [0.25, 0.3) is 0 Å². The number of hydrogen-bond donors (Lipinski definition) is 2. The molecule has 3 nitrogen and oxygen atoms in total. The van der Waals surface area contributed by atoms with Gasteiger partial charge in [0.15, 0.2) is 0 Å². The summed E-state index contributed by atoms with van der Waals surface area (Å²) in [4.78, 5) is 11.7. The molecule has 1 aromatic rings. The maximum Gasteiger partial charge on any atom is 0.221 e. The average Bonchev–Trinajstić information content (AvgIpc) is 2.25. The van der Waals surface area contributed by atoms with Crippen LogP contribution >= 0.6 is 15.9 Å². The van der Waals surface area contributed by atoms with Crippen molar-refractivity contribution in [3.8, 4) is 0 Å². The van der Waals surface area contributed by atoms with Crippen molar-refractivity contribution in [2.45, 2.75) is 45.7 Å². The van der Waals surface area contributed by atoms with Crippen molar-refractivity contribution in [1.82, 2.24) is 10.6 Å². The van der Waals surface area contributed by atoms with Crippen molar-refractivity contribution in [2.24, 2.45) is 0 Å². The van der Waals surface area contributed by atoms with Gasteiger partial charge in [-0.2, -0.15) is 0 Å². The lowest BCUT2D eigenvalue weighted by molar-refractivity contribution is -0.122. The SMILES string of the molecule is CC(NCCC(=O)NC(C)(C)C)c1ccc(F)cc1Br. The average molecular weight is 345 g/mol. The Balaban J connectivity index is 2.44. The Bertz CT molecular complexity index is 471. The minimum Gasteiger partial charge on any atom is -0.351 e. The molecule has 0 fully saturated rings. The van der Waals surface area contributed by atoms with Crippen LogP contribution < -0.4 is 10.6 Å². The maximum atomic E-state index is 13.0. The second kappa shape index (κ2) is 7.18. The first-order valence-corrected chi connectivity index (χ1v) is 7.47. The van der Waals surface area contributed by atoms with Gasteiger partial charge in [-0.3, -0.25) is 4.79 Å². The zero-order chi connectivity index (χ0) is 15.3. The number of amides is 1. The highest BCUT2D eigenvalue weighted by molar-refractivity contribution is 9.10. The molecular weight excluding hydrogens is 323 g/mol. The molecule has 0 bridgehead atoms. The molecule has 0 aromatic heterocycles. The predicted molar refractivity (Wildman–Crippen MR) is 83.0 cm³/mol. The highest BCUT2D eigenvalue weighted by Gasteiger charge is 2.14. The molecule has 0 radical (unpaired) electrons. The van der Waals surface area contributed by atoms with E-state index in [1.54, 1.807) is 6.07 Å². The molecule has 1 amide bonds. The summed E-state index contributed by atoms with van der Waals surface area (Å²) >= 11 is 3.35. The fourth-order valence-electron chi connectivity index (χ4n) is 1.85. The van der Waals surface area contributed by atoms with E-state index in [4.69, 9.17) is 0 Å². The lowest BCUT2D eigenvalue weighted by atomic mass is 10.1. The number of benzene rings is 1. The van der Waals surface area contributed by atoms with Gasteiger partial charge in [-0.25, -0.2) is 4.39 Å². The first kappa shape index (κ1) is 17.1. The zero-order valence-corrected chi connectivity index (χ0v) is 14.0. The molecule has 0 aliphatic carbocycles. The van der Waals surface area contributed by atoms with Gasteiger partial charge in [0.05, 0.1) is 0 Å². The maximum absolute atomic E-state index is 13.0. The van der Waals surface area contributed by atoms with Crippen molar-refractivity contribution >= 4 is 21.8 Å². The van der Waals surface area contributed by atoms with Gasteiger partial charge < -0.3 is 10.6 Å². The number of nitrogens with one attached hydrogen (secondary N) is 2. The summed E-state index contributed by atoms with van der Waals surface area (Å²) in [6.07, 6.45) is 0.417. The van der Waals surface area contributed by atoms with Gasteiger partial charge in [-0.1, -0.05) is 22.0 Å². The monoisotopic (exact) mass is 344 g/mol. The zero-order valence-electron chi connectivity index (χ0n) is 12.4. The van der Waals surface area contributed by atoms with Crippen molar-refractivity contribution in [3.05, 3.63) is 34.1 Å². The fourth-order valence-corrected chi connectivity index (χ4v) is 2.54. The summed E-state index contributed by atoms with van der Waals surface area (Å²) in [5.41, 5.74) is 0.769. The van der Waals surface area contributed by atoms with Crippen LogP contribution in [0.3, 0.4) is 0 Å². The van der Waals surface area contributed by atoms with E-state index in [0.29, 0.717) is 13.0 Å². The normalized spacial score (nSPS) is 13.1. The highest BCUT2D eigenvalue weighted by Crippen LogP contribution is 2.24. The van der Waals surface area contributed by atoms with Gasteiger partial charge >= 0.3 is 0 Å². The summed E-state index contributed by atoms with van der Waals surface area (Å²) in [5, 5.41) is 6.18. The van der Waals surface area contributed by atoms with Crippen LogP contribution in [0.15, 0.2) is 22.7 Å². The molecule has 0 aliphatic rings. The van der Waals surface area contributed by atoms with E-state index in [9.17, 15) is 9.18 Å². The summed E-state index contributed by atoms with van der Waals surface area (Å²) in [7, 11) is 0.